The van der Waals surface area contributed by atoms with E-state index in [-0.39, 0.29) is 0 Å². The molecule has 0 unspecified atom stereocenters. The second-order valence-corrected chi connectivity index (χ2v) is 34.0. The molecule has 20 aromatic carbocycles. The number of hydrogen-bond acceptors (Lipinski definition) is 4. The summed E-state index contributed by atoms with van der Waals surface area (Å²) in [6.45, 7) is 0. The number of para-hydroxylation sites is 2. The minimum Gasteiger partial charge on any atom is -0.456 e. The molecule has 2 heterocycles. The largest absolute Gasteiger partial charge is 0.456 e. The van der Waals surface area contributed by atoms with Gasteiger partial charge in [-0.15, -0.1) is 11.3 Å². The fourth-order valence-electron chi connectivity index (χ4n) is 20.1. The van der Waals surface area contributed by atoms with E-state index < -0.39 is 10.8 Å². The summed E-state index contributed by atoms with van der Waals surface area (Å²) in [6.07, 6.45) is 0. The fraction of sp³-hybridized carbons (Fsp3) is 0.0164. The number of hydrogen-bond donors (Lipinski definition) is 0. The van der Waals surface area contributed by atoms with Crippen LogP contribution in [0.3, 0.4) is 0 Å². The molecule has 0 N–H and O–H groups in total. The van der Waals surface area contributed by atoms with Gasteiger partial charge in [-0.25, -0.2) is 0 Å². The molecule has 22 aromatic rings. The number of anilines is 6. The Balaban J connectivity index is 0.000000148. The van der Waals surface area contributed by atoms with Crippen molar-refractivity contribution in [2.24, 2.45) is 0 Å². The molecule has 0 radical (unpaired) electrons. The normalized spacial score (nSPS) is 12.6. The smallest absolute Gasteiger partial charge is 0.136 e. The molecule has 126 heavy (non-hydrogen) atoms. The quantitative estimate of drug-likeness (QED) is 0.0961. The van der Waals surface area contributed by atoms with Crippen molar-refractivity contribution in [2.75, 3.05) is 9.80 Å². The summed E-state index contributed by atoms with van der Waals surface area (Å²) < 4.78 is 9.39. The zero-order valence-corrected chi connectivity index (χ0v) is 69.9. The van der Waals surface area contributed by atoms with E-state index in [4.69, 9.17) is 4.42 Å². The van der Waals surface area contributed by atoms with Crippen LogP contribution in [0.4, 0.5) is 34.1 Å². The summed E-state index contributed by atoms with van der Waals surface area (Å²) in [4.78, 5) is 4.68. The highest BCUT2D eigenvalue weighted by atomic mass is 32.1. The summed E-state index contributed by atoms with van der Waals surface area (Å²) >= 11 is 1.88. The van der Waals surface area contributed by atoms with E-state index in [2.05, 4.69) is 507 Å². The first kappa shape index (κ1) is 75.0. The first-order valence-electron chi connectivity index (χ1n) is 43.3. The maximum atomic E-state index is 6.83. The van der Waals surface area contributed by atoms with Gasteiger partial charge in [0.15, 0.2) is 0 Å². The van der Waals surface area contributed by atoms with Gasteiger partial charge in [0, 0.05) is 65.1 Å². The van der Waals surface area contributed by atoms with E-state index in [0.29, 0.717) is 0 Å². The van der Waals surface area contributed by atoms with E-state index in [0.717, 1.165) is 67.2 Å². The molecular formula is C122H82N2OS. The lowest BCUT2D eigenvalue weighted by Crippen LogP contribution is -2.28. The Morgan fingerprint density at radius 1 is 0.167 bits per heavy atom. The summed E-state index contributed by atoms with van der Waals surface area (Å²) in [6, 6.07) is 182. The van der Waals surface area contributed by atoms with Gasteiger partial charge in [-0.05, 0) is 267 Å². The molecular weight excluding hydrogens is 1540 g/mol. The van der Waals surface area contributed by atoms with Gasteiger partial charge in [-0.3, -0.25) is 0 Å². The first-order valence-corrected chi connectivity index (χ1v) is 44.1. The third-order valence-corrected chi connectivity index (χ3v) is 27.0. The van der Waals surface area contributed by atoms with Crippen LogP contribution in [-0.4, -0.2) is 0 Å². The number of thiophene rings is 1. The molecule has 2 aromatic heterocycles. The van der Waals surface area contributed by atoms with E-state index in [9.17, 15) is 0 Å². The van der Waals surface area contributed by atoms with Crippen LogP contribution in [-0.2, 0) is 10.8 Å². The van der Waals surface area contributed by atoms with Crippen molar-refractivity contribution in [3.8, 4) is 89.0 Å². The topological polar surface area (TPSA) is 19.6 Å². The lowest BCUT2D eigenvalue weighted by molar-refractivity contribution is 0.666. The third kappa shape index (κ3) is 13.0. The zero-order valence-electron chi connectivity index (χ0n) is 69.1. The maximum Gasteiger partial charge on any atom is 0.136 e. The molecule has 24 rings (SSSR count). The third-order valence-electron chi connectivity index (χ3n) is 25.9. The van der Waals surface area contributed by atoms with E-state index >= 15 is 0 Å². The number of benzene rings is 20. The Kier molecular flexibility index (Phi) is 18.9. The SMILES string of the molecule is c1ccc(-c2ccc(N(c3ccccc3)c3cccc(-c4ccc5c(c4)oc4cc(C6(c7ccccc7)c7ccccc7-c7ccccc76)ccc45)c3)cc2)cc1.c1ccc(-c2ccc(N(c3ccccc3)c3cccc(-c4ccc5sc6ccc(C7(c8cc(-c9ccccc9)cc(-c9ccccc9)c8)c8ccccc8-c8ccccc87)cc6c5c4)c3)cc2)cc1. The summed E-state index contributed by atoms with van der Waals surface area (Å²) in [5, 5.41) is 4.78. The molecule has 3 nitrogen and oxygen atoms in total. The van der Waals surface area contributed by atoms with Crippen molar-refractivity contribution < 1.29 is 4.42 Å². The molecule has 2 aliphatic rings. The number of nitrogens with zero attached hydrogens (tertiary/aromatic N) is 2. The average Bonchev–Trinajstić information content (AvgIpc) is 1.53. The highest BCUT2D eigenvalue weighted by molar-refractivity contribution is 7.25. The molecule has 4 heteroatoms. The van der Waals surface area contributed by atoms with Crippen LogP contribution < -0.4 is 9.80 Å². The van der Waals surface area contributed by atoms with Gasteiger partial charge < -0.3 is 14.2 Å². The van der Waals surface area contributed by atoms with Crippen LogP contribution in [0.2, 0.25) is 0 Å². The maximum absolute atomic E-state index is 6.83. The monoisotopic (exact) mass is 1620 g/mol. The first-order chi connectivity index (χ1) is 62.4. The predicted molar refractivity (Wildman–Crippen MR) is 530 cm³/mol. The standard InChI is InChI=1S/C67H45NS.C55H37NO/c1-5-18-46(19-6-1)49-32-36-57(37-33-49)68(56-25-11-4-12-26-56)58-27-17-24-50(43-58)51-34-38-65-61(44-51)62-45-54(35-39-66(62)69-65)67(63-30-15-13-28-59(63)60-29-14-16-31-64(60)67)55-41-52(47-20-7-2-8-21-47)40-53(42-55)48-22-9-3-10-23-48;1-4-15-38(16-5-1)39-27-31-45(32-28-39)56(44-20-8-3-9-21-44)46-22-14-17-40(35-46)41-29-33-49-50-34-30-43(37-54(50)57-53(49)36-41)55(42-18-6-2-7-19-42)51-25-12-10-23-47(51)48-24-11-13-26-52(48)55/h1-45H;1-37H. The van der Waals surface area contributed by atoms with Crippen LogP contribution in [0.5, 0.6) is 0 Å². The van der Waals surface area contributed by atoms with Gasteiger partial charge in [0.05, 0.1) is 10.8 Å². The van der Waals surface area contributed by atoms with Gasteiger partial charge in [0.2, 0.25) is 0 Å². The zero-order chi connectivity index (χ0) is 83.5. The van der Waals surface area contributed by atoms with Gasteiger partial charge in [-0.2, -0.15) is 0 Å². The Morgan fingerprint density at radius 2 is 0.468 bits per heavy atom. The lowest BCUT2D eigenvalue weighted by atomic mass is 9.66. The van der Waals surface area contributed by atoms with E-state index in [1.54, 1.807) is 0 Å². The highest BCUT2D eigenvalue weighted by Crippen LogP contribution is 2.60. The summed E-state index contributed by atoms with van der Waals surface area (Å²) in [7, 11) is 0. The van der Waals surface area contributed by atoms with Gasteiger partial charge in [-0.1, -0.05) is 364 Å². The molecule has 0 fully saturated rings. The molecule has 0 spiro atoms. The Labute approximate surface area is 738 Å². The van der Waals surface area contributed by atoms with Crippen LogP contribution in [0.15, 0.2) is 502 Å². The molecule has 0 aliphatic heterocycles. The van der Waals surface area contributed by atoms with Crippen LogP contribution in [0.1, 0.15) is 44.5 Å². The lowest BCUT2D eigenvalue weighted by Gasteiger charge is -2.35. The highest BCUT2D eigenvalue weighted by Gasteiger charge is 2.48. The van der Waals surface area contributed by atoms with Crippen molar-refractivity contribution in [1.29, 1.82) is 0 Å². The predicted octanol–water partition coefficient (Wildman–Crippen LogP) is 33.3. The minimum atomic E-state index is -0.587. The molecule has 0 amide bonds. The van der Waals surface area contributed by atoms with Crippen LogP contribution in [0, 0.1) is 0 Å². The van der Waals surface area contributed by atoms with Crippen LogP contribution >= 0.6 is 11.3 Å². The Hall–Kier alpha value is -16.0. The number of rotatable bonds is 16. The molecule has 2 aliphatic carbocycles. The Bertz CT molecular complexity index is 7650. The molecule has 0 saturated carbocycles. The molecule has 592 valence electrons. The minimum absolute atomic E-state index is 0.473. The van der Waals surface area contributed by atoms with Crippen molar-refractivity contribution in [1.82, 2.24) is 0 Å². The summed E-state index contributed by atoms with van der Waals surface area (Å²) in [5.41, 5.74) is 36.9. The van der Waals surface area contributed by atoms with Crippen molar-refractivity contribution in [3.05, 3.63) is 542 Å². The average molecular weight is 1620 g/mol. The van der Waals surface area contributed by atoms with Gasteiger partial charge in [0.25, 0.3) is 0 Å². The van der Waals surface area contributed by atoms with Crippen molar-refractivity contribution >= 4 is 87.6 Å². The molecule has 0 atom stereocenters. The number of fused-ring (bicyclic) bond motifs is 12. The van der Waals surface area contributed by atoms with Crippen LogP contribution in [0.25, 0.3) is 131 Å². The van der Waals surface area contributed by atoms with Gasteiger partial charge >= 0.3 is 0 Å². The van der Waals surface area contributed by atoms with Crippen molar-refractivity contribution in [3.63, 3.8) is 0 Å². The molecule has 0 bridgehead atoms. The van der Waals surface area contributed by atoms with E-state index in [1.807, 2.05) is 11.3 Å². The number of furan rings is 1. The second-order valence-electron chi connectivity index (χ2n) is 32.9. The van der Waals surface area contributed by atoms with E-state index in [1.165, 1.54) is 143 Å². The van der Waals surface area contributed by atoms with Gasteiger partial charge in [0.1, 0.15) is 11.2 Å². The fourth-order valence-corrected chi connectivity index (χ4v) is 21.2. The Morgan fingerprint density at radius 3 is 0.929 bits per heavy atom. The second kappa shape index (κ2) is 31.8. The van der Waals surface area contributed by atoms with Crippen molar-refractivity contribution in [2.45, 2.75) is 10.8 Å². The molecule has 0 saturated heterocycles. The summed E-state index contributed by atoms with van der Waals surface area (Å²) in [5.74, 6) is 0.